The molecule has 2 heteroatoms. The van der Waals surface area contributed by atoms with Gasteiger partial charge in [-0.2, -0.15) is 0 Å². The van der Waals surface area contributed by atoms with E-state index in [1.807, 2.05) is 0 Å². The number of hydrogen-bond donors (Lipinski definition) is 1. The molecule has 86 valence electrons. The van der Waals surface area contributed by atoms with E-state index in [0.717, 1.165) is 19.5 Å². The van der Waals surface area contributed by atoms with Crippen LogP contribution in [0.5, 0.6) is 0 Å². The minimum Gasteiger partial charge on any atom is -0.330 e. The molecule has 2 nitrogen and oxygen atoms in total. The summed E-state index contributed by atoms with van der Waals surface area (Å²) in [6.07, 6.45) is 2.39. The first kappa shape index (κ1) is 13.9. The second-order valence-electron chi connectivity index (χ2n) is 4.93. The van der Waals surface area contributed by atoms with Gasteiger partial charge in [-0.3, -0.25) is 0 Å². The van der Waals surface area contributed by atoms with Gasteiger partial charge in [0, 0.05) is 12.6 Å². The Bertz CT molecular complexity index is 139. The van der Waals surface area contributed by atoms with Crippen LogP contribution >= 0.6 is 0 Å². The molecule has 2 N–H and O–H groups in total. The average molecular weight is 200 g/mol. The molecule has 0 radical (unpaired) electrons. The van der Waals surface area contributed by atoms with Crippen molar-refractivity contribution in [2.24, 2.45) is 11.1 Å². The molecule has 0 saturated heterocycles. The second-order valence-corrected chi connectivity index (χ2v) is 4.93. The molecule has 14 heavy (non-hydrogen) atoms. The van der Waals surface area contributed by atoms with Crippen LogP contribution in [0.1, 0.15) is 47.5 Å². The Balaban J connectivity index is 4.25. The van der Waals surface area contributed by atoms with Crippen LogP contribution < -0.4 is 5.73 Å². The smallest absolute Gasteiger partial charge is 0.00500 e. The molecule has 0 aromatic heterocycles. The van der Waals surface area contributed by atoms with Crippen LogP contribution in [0.2, 0.25) is 0 Å². The van der Waals surface area contributed by atoms with Gasteiger partial charge in [0.2, 0.25) is 0 Å². The van der Waals surface area contributed by atoms with E-state index in [0.29, 0.717) is 11.5 Å². The van der Waals surface area contributed by atoms with Crippen molar-refractivity contribution in [1.82, 2.24) is 4.90 Å². The fourth-order valence-electron chi connectivity index (χ4n) is 1.62. The van der Waals surface area contributed by atoms with E-state index in [-0.39, 0.29) is 0 Å². The first-order valence-corrected chi connectivity index (χ1v) is 5.93. The topological polar surface area (TPSA) is 29.3 Å². The van der Waals surface area contributed by atoms with Gasteiger partial charge in [0.15, 0.2) is 0 Å². The summed E-state index contributed by atoms with van der Waals surface area (Å²) in [4.78, 5) is 2.54. The standard InChI is InChI=1S/C12H28N2/c1-6-8-14(11(3)4)10-12(5,7-2)9-13/h11H,6-10,13H2,1-5H3. The lowest BCUT2D eigenvalue weighted by Gasteiger charge is -2.36. The van der Waals surface area contributed by atoms with Gasteiger partial charge in [0.25, 0.3) is 0 Å². The van der Waals surface area contributed by atoms with Crippen LogP contribution in [0.3, 0.4) is 0 Å². The summed E-state index contributed by atoms with van der Waals surface area (Å²) in [5.41, 5.74) is 6.13. The van der Waals surface area contributed by atoms with E-state index in [1.165, 1.54) is 13.0 Å². The van der Waals surface area contributed by atoms with Crippen LogP contribution in [-0.4, -0.2) is 30.6 Å². The first-order chi connectivity index (χ1) is 6.49. The summed E-state index contributed by atoms with van der Waals surface area (Å²) < 4.78 is 0. The third-order valence-corrected chi connectivity index (χ3v) is 3.17. The van der Waals surface area contributed by atoms with Gasteiger partial charge < -0.3 is 10.6 Å². The Morgan fingerprint density at radius 1 is 1.29 bits per heavy atom. The highest BCUT2D eigenvalue weighted by Crippen LogP contribution is 2.21. The Kier molecular flexibility index (Phi) is 6.38. The number of nitrogens with two attached hydrogens (primary N) is 1. The molecule has 0 fully saturated rings. The van der Waals surface area contributed by atoms with Gasteiger partial charge in [-0.05, 0) is 45.2 Å². The van der Waals surface area contributed by atoms with Crippen molar-refractivity contribution in [3.8, 4) is 0 Å². The van der Waals surface area contributed by atoms with Gasteiger partial charge >= 0.3 is 0 Å². The quantitative estimate of drug-likeness (QED) is 0.684. The zero-order valence-electron chi connectivity index (χ0n) is 10.6. The summed E-state index contributed by atoms with van der Waals surface area (Å²) >= 11 is 0. The summed E-state index contributed by atoms with van der Waals surface area (Å²) in [5.74, 6) is 0. The van der Waals surface area contributed by atoms with Crippen molar-refractivity contribution < 1.29 is 0 Å². The lowest BCUT2D eigenvalue weighted by molar-refractivity contribution is 0.134. The van der Waals surface area contributed by atoms with Gasteiger partial charge in [-0.15, -0.1) is 0 Å². The minimum atomic E-state index is 0.291. The normalized spacial score (nSPS) is 16.3. The molecule has 1 atom stereocenters. The third-order valence-electron chi connectivity index (χ3n) is 3.17. The monoisotopic (exact) mass is 200 g/mol. The van der Waals surface area contributed by atoms with E-state index in [4.69, 9.17) is 5.73 Å². The highest BCUT2D eigenvalue weighted by molar-refractivity contribution is 4.79. The summed E-state index contributed by atoms with van der Waals surface area (Å²) in [6, 6.07) is 0.632. The molecular weight excluding hydrogens is 172 g/mol. The predicted octanol–water partition coefficient (Wildman–Crippen LogP) is 2.48. The van der Waals surface area contributed by atoms with Crippen molar-refractivity contribution in [3.05, 3.63) is 0 Å². The predicted molar refractivity (Wildman–Crippen MR) is 64.5 cm³/mol. The van der Waals surface area contributed by atoms with Crippen molar-refractivity contribution in [2.75, 3.05) is 19.6 Å². The summed E-state index contributed by atoms with van der Waals surface area (Å²) in [6.45, 7) is 14.4. The van der Waals surface area contributed by atoms with Gasteiger partial charge in [-0.25, -0.2) is 0 Å². The zero-order chi connectivity index (χ0) is 11.2. The Morgan fingerprint density at radius 3 is 2.14 bits per heavy atom. The van der Waals surface area contributed by atoms with Gasteiger partial charge in [-0.1, -0.05) is 20.8 Å². The molecule has 0 saturated carbocycles. The molecule has 0 aromatic carbocycles. The molecule has 0 spiro atoms. The number of nitrogens with zero attached hydrogens (tertiary/aromatic N) is 1. The maximum Gasteiger partial charge on any atom is 0.00500 e. The minimum absolute atomic E-state index is 0.291. The van der Waals surface area contributed by atoms with Gasteiger partial charge in [0.1, 0.15) is 0 Å². The third kappa shape index (κ3) is 4.43. The van der Waals surface area contributed by atoms with Gasteiger partial charge in [0.05, 0.1) is 0 Å². The van der Waals surface area contributed by atoms with Crippen molar-refractivity contribution in [2.45, 2.75) is 53.5 Å². The van der Waals surface area contributed by atoms with Crippen LogP contribution in [0.15, 0.2) is 0 Å². The van der Waals surface area contributed by atoms with E-state index in [2.05, 4.69) is 39.5 Å². The molecule has 0 aliphatic heterocycles. The van der Waals surface area contributed by atoms with E-state index in [1.54, 1.807) is 0 Å². The highest BCUT2D eigenvalue weighted by Gasteiger charge is 2.24. The number of rotatable bonds is 7. The van der Waals surface area contributed by atoms with E-state index < -0.39 is 0 Å². The molecule has 0 rings (SSSR count). The van der Waals surface area contributed by atoms with E-state index in [9.17, 15) is 0 Å². The Morgan fingerprint density at radius 2 is 1.86 bits per heavy atom. The average Bonchev–Trinajstić information content (AvgIpc) is 2.17. The largest absolute Gasteiger partial charge is 0.330 e. The van der Waals surface area contributed by atoms with Crippen molar-refractivity contribution >= 4 is 0 Å². The van der Waals surface area contributed by atoms with Crippen LogP contribution in [0.25, 0.3) is 0 Å². The zero-order valence-corrected chi connectivity index (χ0v) is 10.6. The molecular formula is C12H28N2. The summed E-state index contributed by atoms with van der Waals surface area (Å²) in [7, 11) is 0. The highest BCUT2D eigenvalue weighted by atomic mass is 15.1. The maximum absolute atomic E-state index is 5.84. The first-order valence-electron chi connectivity index (χ1n) is 5.93. The Hall–Kier alpha value is -0.0800. The Labute approximate surface area is 89.9 Å². The SMILES string of the molecule is CCCN(CC(C)(CC)CN)C(C)C. The summed E-state index contributed by atoms with van der Waals surface area (Å²) in [5, 5.41) is 0. The fourth-order valence-corrected chi connectivity index (χ4v) is 1.62. The molecule has 0 amide bonds. The lowest BCUT2D eigenvalue weighted by Crippen LogP contribution is -2.43. The lowest BCUT2D eigenvalue weighted by atomic mass is 9.86. The number of hydrogen-bond acceptors (Lipinski definition) is 2. The molecule has 0 aromatic rings. The molecule has 0 aliphatic carbocycles. The van der Waals surface area contributed by atoms with Crippen LogP contribution in [0, 0.1) is 5.41 Å². The molecule has 0 heterocycles. The van der Waals surface area contributed by atoms with Crippen molar-refractivity contribution in [3.63, 3.8) is 0 Å². The molecule has 0 aliphatic rings. The van der Waals surface area contributed by atoms with Crippen LogP contribution in [0.4, 0.5) is 0 Å². The fraction of sp³-hybridized carbons (Fsp3) is 1.00. The maximum atomic E-state index is 5.84. The second kappa shape index (κ2) is 6.41. The van der Waals surface area contributed by atoms with Crippen molar-refractivity contribution in [1.29, 1.82) is 0 Å². The van der Waals surface area contributed by atoms with E-state index >= 15 is 0 Å². The molecule has 1 unspecified atom stereocenters. The van der Waals surface area contributed by atoms with Crippen LogP contribution in [-0.2, 0) is 0 Å². The molecule has 0 bridgehead atoms.